The number of ether oxygens (including phenoxy) is 1. The van der Waals surface area contributed by atoms with Crippen molar-refractivity contribution in [1.82, 2.24) is 4.90 Å². The number of carbonyl (C=O) groups is 1. The Labute approximate surface area is 114 Å². The molecule has 0 fully saturated rings. The van der Waals surface area contributed by atoms with Gasteiger partial charge in [0, 0.05) is 25.8 Å². The van der Waals surface area contributed by atoms with Crippen molar-refractivity contribution in [3.63, 3.8) is 0 Å². The molecule has 1 atom stereocenters. The van der Waals surface area contributed by atoms with E-state index in [1.807, 2.05) is 32.0 Å². The van der Waals surface area contributed by atoms with Gasteiger partial charge in [0.15, 0.2) is 0 Å². The minimum atomic E-state index is -0.168. The lowest BCUT2D eigenvalue weighted by atomic mass is 10.1. The van der Waals surface area contributed by atoms with Crippen molar-refractivity contribution in [2.45, 2.75) is 20.5 Å². The van der Waals surface area contributed by atoms with E-state index in [-0.39, 0.29) is 11.8 Å². The molecule has 102 valence electrons. The second kappa shape index (κ2) is 7.55. The predicted molar refractivity (Wildman–Crippen MR) is 73.5 cm³/mol. The Morgan fingerprint density at radius 1 is 1.47 bits per heavy atom. The molecule has 0 unspecified atom stereocenters. The van der Waals surface area contributed by atoms with E-state index < -0.39 is 0 Å². The van der Waals surface area contributed by atoms with Crippen molar-refractivity contribution < 1.29 is 9.53 Å². The summed E-state index contributed by atoms with van der Waals surface area (Å²) in [6, 6.07) is 9.58. The minimum absolute atomic E-state index is 0.0442. The van der Waals surface area contributed by atoms with Crippen LogP contribution in [0.2, 0.25) is 0 Å². The number of amides is 1. The fourth-order valence-electron chi connectivity index (χ4n) is 1.91. The van der Waals surface area contributed by atoms with Crippen LogP contribution in [0.25, 0.3) is 0 Å². The van der Waals surface area contributed by atoms with Crippen molar-refractivity contribution >= 4 is 5.91 Å². The largest absolute Gasteiger partial charge is 0.380 e. The molecule has 0 heterocycles. The summed E-state index contributed by atoms with van der Waals surface area (Å²) in [5.41, 5.74) is 1.52. The number of methoxy groups -OCH3 is 1. The average Bonchev–Trinajstić information content (AvgIpc) is 2.44. The van der Waals surface area contributed by atoms with Crippen LogP contribution in [0.1, 0.15) is 29.8 Å². The maximum Gasteiger partial charge on any atom is 0.254 e. The summed E-state index contributed by atoms with van der Waals surface area (Å²) >= 11 is 0. The fourth-order valence-corrected chi connectivity index (χ4v) is 1.91. The van der Waals surface area contributed by atoms with Gasteiger partial charge in [0.1, 0.15) is 0 Å². The molecular formula is C15H20N2O2. The normalized spacial score (nSPS) is 11.7. The number of benzene rings is 1. The molecule has 0 spiro atoms. The molecule has 1 aromatic rings. The zero-order chi connectivity index (χ0) is 14.3. The molecule has 19 heavy (non-hydrogen) atoms. The van der Waals surface area contributed by atoms with Crippen LogP contribution in [0.15, 0.2) is 24.3 Å². The maximum atomic E-state index is 12.5. The van der Waals surface area contributed by atoms with Crippen molar-refractivity contribution in [3.8, 4) is 6.07 Å². The van der Waals surface area contributed by atoms with Gasteiger partial charge in [0.2, 0.25) is 0 Å². The van der Waals surface area contributed by atoms with Crippen LogP contribution in [-0.2, 0) is 11.3 Å². The Morgan fingerprint density at radius 3 is 2.74 bits per heavy atom. The average molecular weight is 260 g/mol. The topological polar surface area (TPSA) is 53.3 Å². The number of hydrogen-bond donors (Lipinski definition) is 0. The summed E-state index contributed by atoms with van der Waals surface area (Å²) in [7, 11) is 1.61. The Kier molecular flexibility index (Phi) is 6.04. The third-order valence-corrected chi connectivity index (χ3v) is 2.93. The van der Waals surface area contributed by atoms with Gasteiger partial charge < -0.3 is 9.64 Å². The van der Waals surface area contributed by atoms with Gasteiger partial charge in [-0.2, -0.15) is 5.26 Å². The first kappa shape index (κ1) is 15.2. The molecule has 0 aliphatic rings. The highest BCUT2D eigenvalue weighted by Crippen LogP contribution is 2.14. The van der Waals surface area contributed by atoms with Crippen molar-refractivity contribution in [2.75, 3.05) is 20.2 Å². The molecule has 1 amide bonds. The summed E-state index contributed by atoms with van der Waals surface area (Å²) < 4.78 is 5.11. The van der Waals surface area contributed by atoms with Gasteiger partial charge in [0.25, 0.3) is 5.91 Å². The fraction of sp³-hybridized carbons (Fsp3) is 0.467. The van der Waals surface area contributed by atoms with Crippen molar-refractivity contribution in [3.05, 3.63) is 35.4 Å². The highest BCUT2D eigenvalue weighted by Gasteiger charge is 2.18. The third kappa shape index (κ3) is 4.08. The second-order valence-electron chi connectivity index (χ2n) is 4.46. The summed E-state index contributed by atoms with van der Waals surface area (Å²) in [4.78, 5) is 14.2. The Morgan fingerprint density at radius 2 is 2.16 bits per heavy atom. The first-order valence-electron chi connectivity index (χ1n) is 6.39. The molecule has 1 rings (SSSR count). The molecule has 0 saturated carbocycles. The van der Waals surface area contributed by atoms with Crippen LogP contribution < -0.4 is 0 Å². The summed E-state index contributed by atoms with van der Waals surface area (Å²) in [5, 5.41) is 8.86. The zero-order valence-corrected chi connectivity index (χ0v) is 11.7. The van der Waals surface area contributed by atoms with Gasteiger partial charge in [-0.1, -0.05) is 18.2 Å². The first-order chi connectivity index (χ1) is 9.13. The molecule has 1 aromatic carbocycles. The minimum Gasteiger partial charge on any atom is -0.380 e. The molecular weight excluding hydrogens is 240 g/mol. The molecule has 4 heteroatoms. The number of nitriles is 1. The molecule has 0 radical (unpaired) electrons. The van der Waals surface area contributed by atoms with E-state index in [1.165, 1.54) is 0 Å². The second-order valence-corrected chi connectivity index (χ2v) is 4.46. The van der Waals surface area contributed by atoms with Crippen molar-refractivity contribution in [2.24, 2.45) is 5.92 Å². The first-order valence-corrected chi connectivity index (χ1v) is 6.39. The van der Waals surface area contributed by atoms with Crippen LogP contribution in [0.5, 0.6) is 0 Å². The third-order valence-electron chi connectivity index (χ3n) is 2.93. The summed E-state index contributed by atoms with van der Waals surface area (Å²) in [6.45, 7) is 5.19. The van der Waals surface area contributed by atoms with Crippen LogP contribution in [0.3, 0.4) is 0 Å². The van der Waals surface area contributed by atoms with Crippen molar-refractivity contribution in [1.29, 1.82) is 5.26 Å². The van der Waals surface area contributed by atoms with Crippen LogP contribution >= 0.6 is 0 Å². The predicted octanol–water partition coefficient (Wildman–Crippen LogP) is 2.45. The van der Waals surface area contributed by atoms with Gasteiger partial charge >= 0.3 is 0 Å². The SMILES string of the molecule is CCN(C[C@H](C)C#N)C(=O)c1ccccc1COC. The zero-order valence-electron chi connectivity index (χ0n) is 11.7. The highest BCUT2D eigenvalue weighted by molar-refractivity contribution is 5.95. The Balaban J connectivity index is 2.94. The Bertz CT molecular complexity index is 465. The molecule has 0 bridgehead atoms. The molecule has 0 aromatic heterocycles. The van der Waals surface area contributed by atoms with Gasteiger partial charge in [0.05, 0.1) is 18.6 Å². The standard InChI is InChI=1S/C15H20N2O2/c1-4-17(10-12(2)9-16)15(18)14-8-6-5-7-13(14)11-19-3/h5-8,12H,4,10-11H2,1-3H3/t12-/m1/s1. The lowest BCUT2D eigenvalue weighted by Gasteiger charge is -2.23. The molecule has 0 N–H and O–H groups in total. The van der Waals surface area contributed by atoms with E-state index in [2.05, 4.69) is 6.07 Å². The van der Waals surface area contributed by atoms with Crippen LogP contribution in [0, 0.1) is 17.2 Å². The maximum absolute atomic E-state index is 12.5. The molecule has 4 nitrogen and oxygen atoms in total. The van der Waals surface area contributed by atoms with Gasteiger partial charge in [-0.25, -0.2) is 0 Å². The number of nitrogens with zero attached hydrogens (tertiary/aromatic N) is 2. The molecule has 0 aliphatic carbocycles. The van der Waals surface area contributed by atoms with Gasteiger partial charge in [-0.15, -0.1) is 0 Å². The van der Waals surface area contributed by atoms with E-state index in [1.54, 1.807) is 18.1 Å². The van der Waals surface area contributed by atoms with E-state index >= 15 is 0 Å². The van der Waals surface area contributed by atoms with Gasteiger partial charge in [-0.05, 0) is 25.5 Å². The smallest absolute Gasteiger partial charge is 0.254 e. The van der Waals surface area contributed by atoms with Crippen LogP contribution in [0.4, 0.5) is 0 Å². The number of carbonyl (C=O) groups excluding carboxylic acids is 1. The highest BCUT2D eigenvalue weighted by atomic mass is 16.5. The lowest BCUT2D eigenvalue weighted by Crippen LogP contribution is -2.34. The quantitative estimate of drug-likeness (QED) is 0.789. The number of rotatable bonds is 6. The van der Waals surface area contributed by atoms with E-state index in [0.717, 1.165) is 5.56 Å². The van der Waals surface area contributed by atoms with E-state index in [4.69, 9.17) is 10.00 Å². The summed E-state index contributed by atoms with van der Waals surface area (Å²) in [6.07, 6.45) is 0. The molecule has 0 aliphatic heterocycles. The van der Waals surface area contributed by atoms with E-state index in [9.17, 15) is 4.79 Å². The van der Waals surface area contributed by atoms with E-state index in [0.29, 0.717) is 25.3 Å². The molecule has 0 saturated heterocycles. The monoisotopic (exact) mass is 260 g/mol. The van der Waals surface area contributed by atoms with Gasteiger partial charge in [-0.3, -0.25) is 4.79 Å². The van der Waals surface area contributed by atoms with Crippen LogP contribution in [-0.4, -0.2) is 31.0 Å². The lowest BCUT2D eigenvalue weighted by molar-refractivity contribution is 0.0748. The summed E-state index contributed by atoms with van der Waals surface area (Å²) in [5.74, 6) is -0.212. The Hall–Kier alpha value is -1.86. The number of hydrogen-bond acceptors (Lipinski definition) is 3.